The minimum absolute atomic E-state index is 0.557. The number of halogens is 1. The Balaban J connectivity index is 2.86. The van der Waals surface area contributed by atoms with Gasteiger partial charge >= 0.3 is 6.09 Å². The highest BCUT2D eigenvalue weighted by Gasteiger charge is 2.10. The van der Waals surface area contributed by atoms with E-state index in [0.717, 1.165) is 5.39 Å². The first kappa shape index (κ1) is 8.31. The summed E-state index contributed by atoms with van der Waals surface area (Å²) in [6, 6.07) is 9.12. The van der Waals surface area contributed by atoms with Crippen LogP contribution in [0.2, 0.25) is 0 Å². The zero-order chi connectivity index (χ0) is 9.42. The molecule has 0 aliphatic heterocycles. The topological polar surface area (TPSA) is 42.2 Å². The summed E-state index contributed by atoms with van der Waals surface area (Å²) in [5, 5.41) is 9.80. The number of carboxylic acid groups (broad SMARTS) is 1. The van der Waals surface area contributed by atoms with Crippen LogP contribution in [0.3, 0.4) is 0 Å². The second kappa shape index (κ2) is 2.88. The maximum Gasteiger partial charge on any atom is 0.416 e. The molecule has 1 heterocycles. The fourth-order valence-corrected chi connectivity index (χ4v) is 1.90. The summed E-state index contributed by atoms with van der Waals surface area (Å²) in [7, 11) is 0. The van der Waals surface area contributed by atoms with Gasteiger partial charge < -0.3 is 5.11 Å². The average molecular weight is 240 g/mol. The van der Waals surface area contributed by atoms with E-state index >= 15 is 0 Å². The maximum atomic E-state index is 10.8. The van der Waals surface area contributed by atoms with Gasteiger partial charge in [0.05, 0.1) is 10.1 Å². The van der Waals surface area contributed by atoms with Crippen molar-refractivity contribution in [3.8, 4) is 0 Å². The van der Waals surface area contributed by atoms with E-state index in [2.05, 4.69) is 15.9 Å². The van der Waals surface area contributed by atoms with E-state index in [-0.39, 0.29) is 0 Å². The van der Waals surface area contributed by atoms with Crippen LogP contribution in [-0.4, -0.2) is 15.8 Å². The van der Waals surface area contributed by atoms with Crippen molar-refractivity contribution in [3.63, 3.8) is 0 Å². The number of benzene rings is 1. The smallest absolute Gasteiger partial charge is 0.416 e. The van der Waals surface area contributed by atoms with Gasteiger partial charge in [0.2, 0.25) is 0 Å². The number of hydrogen-bond acceptors (Lipinski definition) is 1. The minimum Gasteiger partial charge on any atom is -0.464 e. The summed E-state index contributed by atoms with van der Waals surface area (Å²) in [5.74, 6) is 0. The zero-order valence-electron chi connectivity index (χ0n) is 6.57. The molecule has 1 aromatic heterocycles. The standard InChI is InChI=1S/C9H6BrNO2/c10-8-5-6-3-1-2-4-7(6)11(8)9(12)13/h1-5H,(H,12,13). The van der Waals surface area contributed by atoms with Crippen molar-refractivity contribution in [3.05, 3.63) is 34.9 Å². The predicted molar refractivity (Wildman–Crippen MR) is 53.1 cm³/mol. The summed E-state index contributed by atoms with van der Waals surface area (Å²) in [6.07, 6.45) is -0.979. The van der Waals surface area contributed by atoms with Crippen LogP contribution in [0.1, 0.15) is 0 Å². The molecule has 4 heteroatoms. The molecule has 3 nitrogen and oxygen atoms in total. The quantitative estimate of drug-likeness (QED) is 0.769. The molecule has 0 saturated heterocycles. The molecule has 0 fully saturated rings. The van der Waals surface area contributed by atoms with Gasteiger partial charge in [0, 0.05) is 5.39 Å². The third kappa shape index (κ3) is 1.23. The summed E-state index contributed by atoms with van der Waals surface area (Å²) in [6.45, 7) is 0. The van der Waals surface area contributed by atoms with Gasteiger partial charge in [0.15, 0.2) is 0 Å². The Hall–Kier alpha value is -1.29. The summed E-state index contributed by atoms with van der Waals surface area (Å²) >= 11 is 3.19. The highest BCUT2D eigenvalue weighted by molar-refractivity contribution is 9.10. The molecule has 0 unspecified atom stereocenters. The molecule has 1 aromatic carbocycles. The monoisotopic (exact) mass is 239 g/mol. The first-order valence-electron chi connectivity index (χ1n) is 3.69. The molecule has 0 amide bonds. The second-order valence-corrected chi connectivity index (χ2v) is 3.46. The minimum atomic E-state index is -0.979. The van der Waals surface area contributed by atoms with Crippen molar-refractivity contribution in [2.24, 2.45) is 0 Å². The molecule has 0 bridgehead atoms. The van der Waals surface area contributed by atoms with Crippen LogP contribution < -0.4 is 0 Å². The van der Waals surface area contributed by atoms with E-state index in [9.17, 15) is 4.79 Å². The number of aromatic nitrogens is 1. The van der Waals surface area contributed by atoms with Crippen molar-refractivity contribution in [2.45, 2.75) is 0 Å². The Kier molecular flexibility index (Phi) is 1.84. The Morgan fingerprint density at radius 3 is 2.77 bits per heavy atom. The third-order valence-electron chi connectivity index (χ3n) is 1.86. The van der Waals surface area contributed by atoms with Crippen molar-refractivity contribution in [1.29, 1.82) is 0 Å². The Bertz CT molecular complexity index is 475. The summed E-state index contributed by atoms with van der Waals surface area (Å²) < 4.78 is 1.76. The lowest BCUT2D eigenvalue weighted by Crippen LogP contribution is -2.07. The molecule has 0 spiro atoms. The molecular formula is C9H6BrNO2. The Morgan fingerprint density at radius 1 is 1.38 bits per heavy atom. The van der Waals surface area contributed by atoms with Crippen LogP contribution in [0.4, 0.5) is 4.79 Å². The lowest BCUT2D eigenvalue weighted by atomic mass is 10.2. The molecule has 0 aliphatic rings. The van der Waals surface area contributed by atoms with Gasteiger partial charge in [-0.2, -0.15) is 0 Å². The average Bonchev–Trinajstić information content (AvgIpc) is 2.39. The van der Waals surface area contributed by atoms with Crippen molar-refractivity contribution in [2.75, 3.05) is 0 Å². The van der Waals surface area contributed by atoms with E-state index in [1.54, 1.807) is 12.1 Å². The lowest BCUT2D eigenvalue weighted by Gasteiger charge is -1.97. The van der Waals surface area contributed by atoms with Gasteiger partial charge in [-0.05, 0) is 28.1 Å². The van der Waals surface area contributed by atoms with Gasteiger partial charge in [0.25, 0.3) is 0 Å². The van der Waals surface area contributed by atoms with Gasteiger partial charge in [-0.15, -0.1) is 0 Å². The fraction of sp³-hybridized carbons (Fsp3) is 0. The van der Waals surface area contributed by atoms with Gasteiger partial charge in [-0.25, -0.2) is 9.36 Å². The van der Waals surface area contributed by atoms with E-state index in [0.29, 0.717) is 10.1 Å². The number of carbonyl (C=O) groups is 1. The van der Waals surface area contributed by atoms with E-state index in [4.69, 9.17) is 5.11 Å². The molecular weight excluding hydrogens is 234 g/mol. The van der Waals surface area contributed by atoms with E-state index in [1.165, 1.54) is 4.57 Å². The number of rotatable bonds is 0. The second-order valence-electron chi connectivity index (χ2n) is 2.64. The Labute approximate surface area is 82.7 Å². The first-order valence-corrected chi connectivity index (χ1v) is 4.49. The van der Waals surface area contributed by atoms with Crippen LogP contribution in [0.5, 0.6) is 0 Å². The predicted octanol–water partition coefficient (Wildman–Crippen LogP) is 2.93. The van der Waals surface area contributed by atoms with Gasteiger partial charge in [-0.1, -0.05) is 18.2 Å². The first-order chi connectivity index (χ1) is 6.20. The number of nitrogens with zero attached hydrogens (tertiary/aromatic N) is 1. The summed E-state index contributed by atoms with van der Waals surface area (Å²) in [4.78, 5) is 10.8. The zero-order valence-corrected chi connectivity index (χ0v) is 8.15. The van der Waals surface area contributed by atoms with Crippen LogP contribution in [0, 0.1) is 0 Å². The van der Waals surface area contributed by atoms with Crippen molar-refractivity contribution in [1.82, 2.24) is 4.57 Å². The van der Waals surface area contributed by atoms with Crippen LogP contribution in [-0.2, 0) is 0 Å². The molecule has 66 valence electrons. The number of hydrogen-bond donors (Lipinski definition) is 1. The molecule has 2 rings (SSSR count). The normalized spacial score (nSPS) is 10.5. The number of fused-ring (bicyclic) bond motifs is 1. The highest BCUT2D eigenvalue weighted by atomic mass is 79.9. The third-order valence-corrected chi connectivity index (χ3v) is 2.44. The molecule has 0 saturated carbocycles. The Morgan fingerprint density at radius 2 is 2.08 bits per heavy atom. The molecule has 1 N–H and O–H groups in total. The van der Waals surface area contributed by atoms with Crippen LogP contribution in [0.25, 0.3) is 10.9 Å². The molecule has 0 aliphatic carbocycles. The number of para-hydroxylation sites is 1. The van der Waals surface area contributed by atoms with E-state index in [1.807, 2.05) is 18.2 Å². The van der Waals surface area contributed by atoms with Crippen LogP contribution in [0.15, 0.2) is 34.9 Å². The van der Waals surface area contributed by atoms with Gasteiger partial charge in [0.1, 0.15) is 0 Å². The maximum absolute atomic E-state index is 10.8. The van der Waals surface area contributed by atoms with Crippen molar-refractivity contribution >= 4 is 32.9 Å². The fourth-order valence-electron chi connectivity index (χ4n) is 1.32. The van der Waals surface area contributed by atoms with Crippen molar-refractivity contribution < 1.29 is 9.90 Å². The van der Waals surface area contributed by atoms with E-state index < -0.39 is 6.09 Å². The molecule has 0 atom stereocenters. The van der Waals surface area contributed by atoms with Crippen LogP contribution >= 0.6 is 15.9 Å². The molecule has 2 aromatic rings. The SMILES string of the molecule is O=C(O)n1c(Br)cc2ccccc21. The molecule has 0 radical (unpaired) electrons. The largest absolute Gasteiger partial charge is 0.464 e. The molecule has 13 heavy (non-hydrogen) atoms. The van der Waals surface area contributed by atoms with Gasteiger partial charge in [-0.3, -0.25) is 0 Å². The summed E-state index contributed by atoms with van der Waals surface area (Å²) in [5.41, 5.74) is 0.696. The lowest BCUT2D eigenvalue weighted by molar-refractivity contribution is 0.197. The highest BCUT2D eigenvalue weighted by Crippen LogP contribution is 2.23.